The largest absolute Gasteiger partial charge is 0.241 e. The van der Waals surface area contributed by atoms with Crippen LogP contribution in [0, 0.1) is 13.8 Å². The zero-order valence-electron chi connectivity index (χ0n) is 10.5. The van der Waals surface area contributed by atoms with Gasteiger partial charge in [-0.15, -0.1) is 0 Å². The Morgan fingerprint density at radius 2 is 1.69 bits per heavy atom. The lowest BCUT2D eigenvalue weighted by Gasteiger charge is -2.21. The van der Waals surface area contributed by atoms with E-state index in [9.17, 15) is 8.42 Å². The second-order valence-corrected chi connectivity index (χ2v) is 6.78. The summed E-state index contributed by atoms with van der Waals surface area (Å²) >= 11 is 0. The van der Waals surface area contributed by atoms with Gasteiger partial charge in [-0.2, -0.15) is 0 Å². The van der Waals surface area contributed by atoms with E-state index in [-0.39, 0.29) is 0 Å². The molecule has 1 aromatic rings. The molecule has 1 aromatic carbocycles. The van der Waals surface area contributed by atoms with E-state index in [1.165, 1.54) is 0 Å². The van der Waals surface area contributed by atoms with Crippen molar-refractivity contribution in [2.45, 2.75) is 45.1 Å². The Morgan fingerprint density at radius 3 is 2.19 bits per heavy atom. The highest BCUT2D eigenvalue weighted by atomic mass is 32.2. The molecule has 0 spiro atoms. The number of nitrogens with one attached hydrogen (secondary N) is 1. The van der Waals surface area contributed by atoms with E-state index in [2.05, 4.69) is 4.72 Å². The molecule has 0 radical (unpaired) electrons. The molecule has 0 aliphatic rings. The molecule has 0 aliphatic carbocycles. The van der Waals surface area contributed by atoms with Gasteiger partial charge in [0, 0.05) is 5.54 Å². The third-order valence-corrected chi connectivity index (χ3v) is 3.97. The Labute approximate surface area is 97.9 Å². The average molecular weight is 241 g/mol. The molecule has 4 heteroatoms. The van der Waals surface area contributed by atoms with Crippen LogP contribution < -0.4 is 4.72 Å². The van der Waals surface area contributed by atoms with Gasteiger partial charge < -0.3 is 0 Å². The van der Waals surface area contributed by atoms with Crippen molar-refractivity contribution in [2.75, 3.05) is 0 Å². The fourth-order valence-corrected chi connectivity index (χ4v) is 3.20. The van der Waals surface area contributed by atoms with Crippen LogP contribution >= 0.6 is 0 Å². The monoisotopic (exact) mass is 241 g/mol. The number of rotatable bonds is 2. The van der Waals surface area contributed by atoms with Gasteiger partial charge >= 0.3 is 0 Å². The summed E-state index contributed by atoms with van der Waals surface area (Å²) in [5, 5.41) is 0. The lowest BCUT2D eigenvalue weighted by atomic mass is 10.1. The van der Waals surface area contributed by atoms with E-state index in [1.54, 1.807) is 13.0 Å². The Hall–Kier alpha value is -0.870. The van der Waals surface area contributed by atoms with E-state index in [0.29, 0.717) is 4.90 Å². The minimum Gasteiger partial charge on any atom is -0.207 e. The molecule has 0 atom stereocenters. The smallest absolute Gasteiger partial charge is 0.207 e. The minimum atomic E-state index is -3.42. The highest BCUT2D eigenvalue weighted by molar-refractivity contribution is 7.89. The number of aryl methyl sites for hydroxylation is 2. The summed E-state index contributed by atoms with van der Waals surface area (Å²) in [4.78, 5) is 0.363. The summed E-state index contributed by atoms with van der Waals surface area (Å²) in [7, 11) is -3.42. The van der Waals surface area contributed by atoms with Crippen molar-refractivity contribution in [3.63, 3.8) is 0 Å². The first-order valence-electron chi connectivity index (χ1n) is 5.23. The van der Waals surface area contributed by atoms with E-state index in [4.69, 9.17) is 0 Å². The number of hydrogen-bond acceptors (Lipinski definition) is 2. The molecular weight excluding hydrogens is 222 g/mol. The summed E-state index contributed by atoms with van der Waals surface area (Å²) in [6.07, 6.45) is 0. The molecule has 1 N–H and O–H groups in total. The molecule has 0 aliphatic heterocycles. The maximum absolute atomic E-state index is 12.1. The van der Waals surface area contributed by atoms with Crippen LogP contribution in [0.25, 0.3) is 0 Å². The second-order valence-electron chi connectivity index (χ2n) is 5.12. The van der Waals surface area contributed by atoms with Crippen LogP contribution in [0.3, 0.4) is 0 Å². The first kappa shape index (κ1) is 13.2. The standard InChI is InChI=1S/C12H19NO2S/c1-9-6-7-10(2)11(8-9)16(14,15)13-12(3,4)5/h6-8,13H,1-5H3. The highest BCUT2D eigenvalue weighted by Crippen LogP contribution is 2.18. The van der Waals surface area contributed by atoms with E-state index < -0.39 is 15.6 Å². The minimum absolute atomic E-state index is 0.363. The summed E-state index contributed by atoms with van der Waals surface area (Å²) in [5.41, 5.74) is 1.25. The van der Waals surface area contributed by atoms with Crippen LogP contribution in [-0.2, 0) is 10.0 Å². The van der Waals surface area contributed by atoms with Crippen molar-refractivity contribution < 1.29 is 8.42 Å². The number of benzene rings is 1. The molecular formula is C12H19NO2S. The Morgan fingerprint density at radius 1 is 1.12 bits per heavy atom. The van der Waals surface area contributed by atoms with Crippen LogP contribution in [0.4, 0.5) is 0 Å². The molecule has 0 heterocycles. The summed E-state index contributed by atoms with van der Waals surface area (Å²) in [5.74, 6) is 0. The highest BCUT2D eigenvalue weighted by Gasteiger charge is 2.23. The lowest BCUT2D eigenvalue weighted by molar-refractivity contribution is 0.491. The molecule has 0 aromatic heterocycles. The van der Waals surface area contributed by atoms with Gasteiger partial charge in [-0.1, -0.05) is 12.1 Å². The quantitative estimate of drug-likeness (QED) is 0.864. The van der Waals surface area contributed by atoms with Gasteiger partial charge in [-0.25, -0.2) is 13.1 Å². The van der Waals surface area contributed by atoms with Crippen LogP contribution in [-0.4, -0.2) is 14.0 Å². The molecule has 0 saturated carbocycles. The fourth-order valence-electron chi connectivity index (χ4n) is 1.45. The van der Waals surface area contributed by atoms with Crippen molar-refractivity contribution in [1.29, 1.82) is 0 Å². The second kappa shape index (κ2) is 4.18. The first-order chi connectivity index (χ1) is 7.12. The molecule has 0 saturated heterocycles. The molecule has 1 rings (SSSR count). The Kier molecular flexibility index (Phi) is 3.45. The van der Waals surface area contributed by atoms with Crippen LogP contribution in [0.1, 0.15) is 31.9 Å². The predicted octanol–water partition coefficient (Wildman–Crippen LogP) is 2.38. The van der Waals surface area contributed by atoms with Gasteiger partial charge in [0.15, 0.2) is 0 Å². The normalized spacial score (nSPS) is 12.8. The fraction of sp³-hybridized carbons (Fsp3) is 0.500. The van der Waals surface area contributed by atoms with Crippen molar-refractivity contribution in [3.05, 3.63) is 29.3 Å². The van der Waals surface area contributed by atoms with Gasteiger partial charge in [0.2, 0.25) is 10.0 Å². The van der Waals surface area contributed by atoms with E-state index >= 15 is 0 Å². The third kappa shape index (κ3) is 3.32. The van der Waals surface area contributed by atoms with E-state index in [1.807, 2.05) is 39.8 Å². The van der Waals surface area contributed by atoms with E-state index in [0.717, 1.165) is 11.1 Å². The SMILES string of the molecule is Cc1ccc(C)c(S(=O)(=O)NC(C)(C)C)c1. The third-order valence-electron chi connectivity index (χ3n) is 2.07. The van der Waals surface area contributed by atoms with Gasteiger partial charge in [0.05, 0.1) is 4.90 Å². The number of sulfonamides is 1. The van der Waals surface area contributed by atoms with Crippen molar-refractivity contribution >= 4 is 10.0 Å². The molecule has 90 valence electrons. The molecule has 0 amide bonds. The molecule has 3 nitrogen and oxygen atoms in total. The topological polar surface area (TPSA) is 46.2 Å². The molecule has 0 fully saturated rings. The zero-order valence-corrected chi connectivity index (χ0v) is 11.3. The lowest BCUT2D eigenvalue weighted by Crippen LogP contribution is -2.40. The van der Waals surface area contributed by atoms with Gasteiger partial charge in [0.1, 0.15) is 0 Å². The molecule has 0 bridgehead atoms. The maximum Gasteiger partial charge on any atom is 0.241 e. The van der Waals surface area contributed by atoms with Crippen molar-refractivity contribution in [2.24, 2.45) is 0 Å². The summed E-state index contributed by atoms with van der Waals surface area (Å²) in [6, 6.07) is 5.43. The van der Waals surface area contributed by atoms with Crippen molar-refractivity contribution in [3.8, 4) is 0 Å². The van der Waals surface area contributed by atoms with Crippen LogP contribution in [0.5, 0.6) is 0 Å². The Bertz CT molecular complexity index is 484. The number of hydrogen-bond donors (Lipinski definition) is 1. The molecule has 16 heavy (non-hydrogen) atoms. The average Bonchev–Trinajstić information content (AvgIpc) is 2.04. The first-order valence-corrected chi connectivity index (χ1v) is 6.71. The Balaban J connectivity index is 3.22. The van der Waals surface area contributed by atoms with Gasteiger partial charge in [-0.3, -0.25) is 0 Å². The maximum atomic E-state index is 12.1. The summed E-state index contributed by atoms with van der Waals surface area (Å²) < 4.78 is 26.9. The van der Waals surface area contributed by atoms with Crippen molar-refractivity contribution in [1.82, 2.24) is 4.72 Å². The molecule has 0 unspecified atom stereocenters. The van der Waals surface area contributed by atoms with Gasteiger partial charge in [0.25, 0.3) is 0 Å². The predicted molar refractivity (Wildman–Crippen MR) is 66.0 cm³/mol. The van der Waals surface area contributed by atoms with Crippen LogP contribution in [0.2, 0.25) is 0 Å². The van der Waals surface area contributed by atoms with Gasteiger partial charge in [-0.05, 0) is 51.8 Å². The van der Waals surface area contributed by atoms with Crippen LogP contribution in [0.15, 0.2) is 23.1 Å². The zero-order chi connectivity index (χ0) is 12.6. The summed E-state index contributed by atoms with van der Waals surface area (Å²) in [6.45, 7) is 9.17.